The summed E-state index contributed by atoms with van der Waals surface area (Å²) in [6.45, 7) is 9.77. The number of aryl methyl sites for hydroxylation is 3. The van der Waals surface area contributed by atoms with Crippen LogP contribution in [-0.4, -0.2) is 34.0 Å². The smallest absolute Gasteiger partial charge is 0.259 e. The van der Waals surface area contributed by atoms with Crippen LogP contribution in [0.4, 0.5) is 0 Å². The molecule has 0 spiro atoms. The Hall–Kier alpha value is -2.21. The van der Waals surface area contributed by atoms with Gasteiger partial charge in [0.25, 0.3) is 11.6 Å². The molecular weight excluding hydrogens is 358 g/mol. The first kappa shape index (κ1) is 18.2. The fourth-order valence-corrected chi connectivity index (χ4v) is 4.55. The lowest BCUT2D eigenvalue weighted by Gasteiger charge is -2.22. The molecule has 0 radical (unpaired) electrons. The SMILES string of the molecule is CCCN(CC1CC1)C(=O)c1cc(-c2cc(C)sc2C)nc2onc(C)c12. The van der Waals surface area contributed by atoms with Crippen LogP contribution in [0, 0.1) is 26.7 Å². The van der Waals surface area contributed by atoms with Crippen molar-refractivity contribution in [1.82, 2.24) is 15.0 Å². The van der Waals surface area contributed by atoms with Crippen molar-refractivity contribution >= 4 is 28.3 Å². The van der Waals surface area contributed by atoms with Crippen molar-refractivity contribution in [3.8, 4) is 11.3 Å². The lowest BCUT2D eigenvalue weighted by Crippen LogP contribution is -2.33. The standard InChI is InChI=1S/C21H25N3O2S/c1-5-8-24(11-15-6-7-15)21(25)17-10-18(16-9-12(2)27-14(16)4)22-20-19(17)13(3)23-26-20/h9-10,15H,5-8,11H2,1-4H3. The number of aromatic nitrogens is 2. The molecular formula is C21H25N3O2S. The van der Waals surface area contributed by atoms with Gasteiger partial charge in [0, 0.05) is 28.4 Å². The van der Waals surface area contributed by atoms with E-state index in [4.69, 9.17) is 4.52 Å². The predicted octanol–water partition coefficient (Wildman–Crippen LogP) is 5.14. The van der Waals surface area contributed by atoms with E-state index in [2.05, 4.69) is 37.0 Å². The molecule has 1 saturated carbocycles. The molecule has 0 aliphatic heterocycles. The summed E-state index contributed by atoms with van der Waals surface area (Å²) in [5.74, 6) is 0.718. The van der Waals surface area contributed by atoms with Gasteiger partial charge in [0.2, 0.25) is 0 Å². The van der Waals surface area contributed by atoms with E-state index in [0.717, 1.165) is 36.2 Å². The summed E-state index contributed by atoms with van der Waals surface area (Å²) >= 11 is 1.74. The number of hydrogen-bond acceptors (Lipinski definition) is 5. The van der Waals surface area contributed by atoms with Gasteiger partial charge in [-0.1, -0.05) is 12.1 Å². The molecule has 3 aromatic rings. The van der Waals surface area contributed by atoms with Gasteiger partial charge >= 0.3 is 0 Å². The second-order valence-electron chi connectivity index (χ2n) is 7.52. The van der Waals surface area contributed by atoms with Crippen LogP contribution in [-0.2, 0) is 0 Å². The van der Waals surface area contributed by atoms with Gasteiger partial charge in [-0.05, 0) is 58.1 Å². The summed E-state index contributed by atoms with van der Waals surface area (Å²) in [4.78, 5) is 22.6. The summed E-state index contributed by atoms with van der Waals surface area (Å²) in [5.41, 5.74) is 3.66. The summed E-state index contributed by atoms with van der Waals surface area (Å²) in [6, 6.07) is 4.05. The van der Waals surface area contributed by atoms with E-state index in [-0.39, 0.29) is 5.91 Å². The van der Waals surface area contributed by atoms with Crippen molar-refractivity contribution in [1.29, 1.82) is 0 Å². The van der Waals surface area contributed by atoms with E-state index in [9.17, 15) is 4.79 Å². The molecule has 27 heavy (non-hydrogen) atoms. The highest BCUT2D eigenvalue weighted by Gasteiger charge is 2.29. The van der Waals surface area contributed by atoms with Crippen LogP contribution in [0.3, 0.4) is 0 Å². The van der Waals surface area contributed by atoms with Crippen molar-refractivity contribution in [2.45, 2.75) is 47.0 Å². The van der Waals surface area contributed by atoms with Gasteiger partial charge in [-0.3, -0.25) is 4.79 Å². The third-order valence-electron chi connectivity index (χ3n) is 5.12. The third kappa shape index (κ3) is 3.50. The average Bonchev–Trinajstić information content (AvgIpc) is 3.29. The molecule has 5 nitrogen and oxygen atoms in total. The number of nitrogens with zero attached hydrogens (tertiary/aromatic N) is 3. The van der Waals surface area contributed by atoms with Gasteiger partial charge in [-0.25, -0.2) is 4.98 Å². The van der Waals surface area contributed by atoms with E-state index >= 15 is 0 Å². The molecule has 1 aliphatic rings. The number of carbonyl (C=O) groups is 1. The van der Waals surface area contributed by atoms with E-state index in [0.29, 0.717) is 22.9 Å². The molecule has 142 valence electrons. The Kier molecular flexibility index (Phi) is 4.76. The van der Waals surface area contributed by atoms with Crippen molar-refractivity contribution < 1.29 is 9.32 Å². The van der Waals surface area contributed by atoms with Crippen LogP contribution in [0.15, 0.2) is 16.7 Å². The number of rotatable bonds is 6. The minimum Gasteiger partial charge on any atom is -0.338 e. The predicted molar refractivity (Wildman–Crippen MR) is 108 cm³/mol. The van der Waals surface area contributed by atoms with E-state index in [1.807, 2.05) is 17.9 Å². The number of hydrogen-bond donors (Lipinski definition) is 0. The number of amides is 1. The maximum absolute atomic E-state index is 13.5. The van der Waals surface area contributed by atoms with Gasteiger partial charge in [0.05, 0.1) is 22.3 Å². The highest BCUT2D eigenvalue weighted by molar-refractivity contribution is 7.12. The van der Waals surface area contributed by atoms with Crippen molar-refractivity contribution in [3.63, 3.8) is 0 Å². The summed E-state index contributed by atoms with van der Waals surface area (Å²) in [7, 11) is 0. The first-order chi connectivity index (χ1) is 13.0. The molecule has 0 aromatic carbocycles. The quantitative estimate of drug-likeness (QED) is 0.591. The minimum atomic E-state index is 0.0632. The topological polar surface area (TPSA) is 59.2 Å². The van der Waals surface area contributed by atoms with Crippen LogP contribution >= 0.6 is 11.3 Å². The Bertz CT molecular complexity index is 1000. The van der Waals surface area contributed by atoms with Gasteiger partial charge in [-0.15, -0.1) is 11.3 Å². The molecule has 0 atom stereocenters. The number of pyridine rings is 1. The monoisotopic (exact) mass is 383 g/mol. The summed E-state index contributed by atoms with van der Waals surface area (Å²) < 4.78 is 5.45. The maximum Gasteiger partial charge on any atom is 0.259 e. The number of fused-ring (bicyclic) bond motifs is 1. The average molecular weight is 384 g/mol. The Morgan fingerprint density at radius 3 is 2.70 bits per heavy atom. The molecule has 0 N–H and O–H groups in total. The zero-order valence-electron chi connectivity index (χ0n) is 16.3. The largest absolute Gasteiger partial charge is 0.338 e. The van der Waals surface area contributed by atoms with Gasteiger partial charge in [-0.2, -0.15) is 0 Å². The Morgan fingerprint density at radius 2 is 2.07 bits per heavy atom. The van der Waals surface area contributed by atoms with Crippen molar-refractivity contribution in [3.05, 3.63) is 33.1 Å². The first-order valence-electron chi connectivity index (χ1n) is 9.61. The van der Waals surface area contributed by atoms with Crippen LogP contribution in [0.5, 0.6) is 0 Å². The maximum atomic E-state index is 13.5. The second kappa shape index (κ2) is 7.08. The van der Waals surface area contributed by atoms with E-state index < -0.39 is 0 Å². The minimum absolute atomic E-state index is 0.0632. The zero-order valence-corrected chi connectivity index (χ0v) is 17.2. The molecule has 6 heteroatoms. The van der Waals surface area contributed by atoms with Gasteiger partial charge < -0.3 is 9.42 Å². The van der Waals surface area contributed by atoms with Crippen LogP contribution in [0.25, 0.3) is 22.4 Å². The number of carbonyl (C=O) groups excluding carboxylic acids is 1. The van der Waals surface area contributed by atoms with Crippen molar-refractivity contribution in [2.24, 2.45) is 5.92 Å². The molecule has 1 fully saturated rings. The highest BCUT2D eigenvalue weighted by atomic mass is 32.1. The molecule has 0 saturated heterocycles. The molecule has 1 amide bonds. The lowest BCUT2D eigenvalue weighted by atomic mass is 10.0. The number of thiophene rings is 1. The van der Waals surface area contributed by atoms with E-state index in [1.54, 1.807) is 11.3 Å². The van der Waals surface area contributed by atoms with E-state index in [1.165, 1.54) is 22.6 Å². The van der Waals surface area contributed by atoms with Crippen molar-refractivity contribution in [2.75, 3.05) is 13.1 Å². The zero-order chi connectivity index (χ0) is 19.1. The third-order valence-corrected chi connectivity index (χ3v) is 6.09. The summed E-state index contributed by atoms with van der Waals surface area (Å²) in [6.07, 6.45) is 3.40. The molecule has 4 rings (SSSR count). The summed E-state index contributed by atoms with van der Waals surface area (Å²) in [5, 5.41) is 4.82. The Morgan fingerprint density at radius 1 is 1.30 bits per heavy atom. The highest BCUT2D eigenvalue weighted by Crippen LogP contribution is 2.34. The molecule has 3 heterocycles. The first-order valence-corrected chi connectivity index (χ1v) is 10.4. The molecule has 0 unspecified atom stereocenters. The lowest BCUT2D eigenvalue weighted by molar-refractivity contribution is 0.0749. The fourth-order valence-electron chi connectivity index (χ4n) is 3.61. The second-order valence-corrected chi connectivity index (χ2v) is 8.99. The van der Waals surface area contributed by atoms with Gasteiger partial charge in [0.15, 0.2) is 0 Å². The molecule has 1 aliphatic carbocycles. The van der Waals surface area contributed by atoms with Crippen LogP contribution in [0.2, 0.25) is 0 Å². The van der Waals surface area contributed by atoms with Crippen LogP contribution in [0.1, 0.15) is 52.0 Å². The fraction of sp³-hybridized carbons (Fsp3) is 0.476. The normalized spacial score (nSPS) is 14.1. The molecule has 0 bridgehead atoms. The van der Waals surface area contributed by atoms with Crippen LogP contribution < -0.4 is 0 Å². The van der Waals surface area contributed by atoms with Gasteiger partial charge in [0.1, 0.15) is 0 Å². The molecule has 3 aromatic heterocycles. The Labute approximate surface area is 163 Å². The Balaban J connectivity index is 1.83.